The fourth-order valence-corrected chi connectivity index (χ4v) is 3.52. The third-order valence-corrected chi connectivity index (χ3v) is 5.23. The van der Waals surface area contributed by atoms with E-state index in [9.17, 15) is 9.18 Å². The Morgan fingerprint density at radius 2 is 1.79 bits per heavy atom. The van der Waals surface area contributed by atoms with Crippen LogP contribution in [0.3, 0.4) is 0 Å². The van der Waals surface area contributed by atoms with Gasteiger partial charge >= 0.3 is 0 Å². The molecule has 6 heteroatoms. The van der Waals surface area contributed by atoms with E-state index in [-0.39, 0.29) is 23.9 Å². The summed E-state index contributed by atoms with van der Waals surface area (Å²) in [4.78, 5) is 15.3. The van der Waals surface area contributed by atoms with Gasteiger partial charge in [0.25, 0.3) is 5.91 Å². The van der Waals surface area contributed by atoms with Gasteiger partial charge in [-0.15, -0.1) is 0 Å². The molecule has 1 aromatic heterocycles. The number of amides is 1. The molecular weight excluding hydrogens is 369 g/mol. The average Bonchev–Trinajstić information content (AvgIpc) is 3.16. The molecule has 2 heterocycles. The second-order valence-corrected chi connectivity index (χ2v) is 7.63. The molecule has 2 aromatic carbocycles. The number of nitrogens with zero attached hydrogens (tertiary/aromatic N) is 3. The number of aromatic nitrogens is 2. The fourth-order valence-electron chi connectivity index (χ4n) is 3.52. The number of morpholine rings is 1. The highest BCUT2D eigenvalue weighted by Gasteiger charge is 2.31. The summed E-state index contributed by atoms with van der Waals surface area (Å²) in [6.07, 6.45) is 1.72. The molecule has 2 unspecified atom stereocenters. The minimum Gasteiger partial charge on any atom is -0.375 e. The maximum absolute atomic E-state index is 13.5. The Morgan fingerprint density at radius 3 is 2.48 bits per heavy atom. The highest BCUT2D eigenvalue weighted by molar-refractivity contribution is 6.00. The van der Waals surface area contributed by atoms with Crippen LogP contribution in [0.5, 0.6) is 0 Å². The largest absolute Gasteiger partial charge is 0.375 e. The molecule has 0 radical (unpaired) electrons. The summed E-state index contributed by atoms with van der Waals surface area (Å²) in [7, 11) is 0. The van der Waals surface area contributed by atoms with Crippen molar-refractivity contribution in [3.05, 3.63) is 71.7 Å². The van der Waals surface area contributed by atoms with Crippen molar-refractivity contribution in [2.45, 2.75) is 32.9 Å². The van der Waals surface area contributed by atoms with E-state index in [0.717, 1.165) is 11.1 Å². The van der Waals surface area contributed by atoms with Crippen LogP contribution in [0.4, 0.5) is 4.39 Å². The standard InChI is InChI=1S/C23H24FN3O2/c1-15-4-6-18(7-5-15)22-21(23(28)26-12-17(3)29-14-16(26)2)13-27(25-22)20-10-8-19(24)9-11-20/h4-11,13,16-17H,12,14H2,1-3H3. The first kappa shape index (κ1) is 19.3. The molecule has 1 fully saturated rings. The van der Waals surface area contributed by atoms with Crippen molar-refractivity contribution in [1.82, 2.24) is 14.7 Å². The second-order valence-electron chi connectivity index (χ2n) is 7.63. The minimum atomic E-state index is -0.313. The third-order valence-electron chi connectivity index (χ3n) is 5.23. The Balaban J connectivity index is 1.79. The molecule has 0 spiro atoms. The van der Waals surface area contributed by atoms with Gasteiger partial charge in [0, 0.05) is 18.3 Å². The highest BCUT2D eigenvalue weighted by Crippen LogP contribution is 2.27. The van der Waals surface area contributed by atoms with Gasteiger partial charge in [-0.1, -0.05) is 29.8 Å². The van der Waals surface area contributed by atoms with Crippen LogP contribution in [0.1, 0.15) is 29.8 Å². The number of ether oxygens (including phenoxy) is 1. The SMILES string of the molecule is Cc1ccc(-c2nn(-c3ccc(F)cc3)cc2C(=O)N2CC(C)OCC2C)cc1. The quantitative estimate of drug-likeness (QED) is 0.669. The van der Waals surface area contributed by atoms with Gasteiger partial charge in [-0.25, -0.2) is 9.07 Å². The summed E-state index contributed by atoms with van der Waals surface area (Å²) in [6.45, 7) is 7.02. The summed E-state index contributed by atoms with van der Waals surface area (Å²) < 4.78 is 20.6. The predicted octanol–water partition coefficient (Wildman–Crippen LogP) is 4.24. The van der Waals surface area contributed by atoms with E-state index in [0.29, 0.717) is 30.1 Å². The number of rotatable bonds is 3. The average molecular weight is 393 g/mol. The van der Waals surface area contributed by atoms with Crippen LogP contribution in [0.25, 0.3) is 16.9 Å². The van der Waals surface area contributed by atoms with Crippen molar-refractivity contribution in [1.29, 1.82) is 0 Å². The number of carbonyl (C=O) groups excluding carboxylic acids is 1. The van der Waals surface area contributed by atoms with E-state index in [1.165, 1.54) is 12.1 Å². The molecule has 3 aromatic rings. The molecule has 29 heavy (non-hydrogen) atoms. The molecule has 150 valence electrons. The van der Waals surface area contributed by atoms with Crippen molar-refractivity contribution in [3.8, 4) is 16.9 Å². The fraction of sp³-hybridized carbons (Fsp3) is 0.304. The Morgan fingerprint density at radius 1 is 1.10 bits per heavy atom. The zero-order chi connectivity index (χ0) is 20.5. The maximum Gasteiger partial charge on any atom is 0.258 e. The zero-order valence-electron chi connectivity index (χ0n) is 16.8. The van der Waals surface area contributed by atoms with Crippen LogP contribution in [-0.4, -0.2) is 45.9 Å². The normalized spacial score (nSPS) is 19.4. The number of halogens is 1. The number of carbonyl (C=O) groups is 1. The first-order valence-corrected chi connectivity index (χ1v) is 9.77. The Labute approximate surface area is 169 Å². The van der Waals surface area contributed by atoms with E-state index < -0.39 is 0 Å². The molecule has 0 saturated carbocycles. The van der Waals surface area contributed by atoms with Crippen LogP contribution in [0, 0.1) is 12.7 Å². The van der Waals surface area contributed by atoms with Crippen LogP contribution in [0.15, 0.2) is 54.7 Å². The number of hydrogen-bond donors (Lipinski definition) is 0. The van der Waals surface area contributed by atoms with Gasteiger partial charge in [-0.05, 0) is 45.0 Å². The Kier molecular flexibility index (Phi) is 5.20. The van der Waals surface area contributed by atoms with E-state index in [2.05, 4.69) is 5.10 Å². The molecule has 4 rings (SSSR count). The second kappa shape index (κ2) is 7.79. The molecule has 0 bridgehead atoms. The number of aryl methyl sites for hydroxylation is 1. The monoisotopic (exact) mass is 393 g/mol. The lowest BCUT2D eigenvalue weighted by Crippen LogP contribution is -2.50. The molecule has 1 aliphatic rings. The smallest absolute Gasteiger partial charge is 0.258 e. The third kappa shape index (κ3) is 3.93. The van der Waals surface area contributed by atoms with Gasteiger partial charge in [-0.2, -0.15) is 5.10 Å². The predicted molar refractivity (Wildman–Crippen MR) is 110 cm³/mol. The first-order valence-electron chi connectivity index (χ1n) is 9.77. The topological polar surface area (TPSA) is 47.4 Å². The molecule has 1 saturated heterocycles. The van der Waals surface area contributed by atoms with Crippen molar-refractivity contribution < 1.29 is 13.9 Å². The summed E-state index contributed by atoms with van der Waals surface area (Å²) >= 11 is 0. The van der Waals surface area contributed by atoms with Gasteiger partial charge in [0.15, 0.2) is 0 Å². The van der Waals surface area contributed by atoms with Crippen molar-refractivity contribution in [2.75, 3.05) is 13.2 Å². The summed E-state index contributed by atoms with van der Waals surface area (Å²) in [5, 5.41) is 4.69. The maximum atomic E-state index is 13.5. The van der Waals surface area contributed by atoms with Crippen molar-refractivity contribution in [2.24, 2.45) is 0 Å². The van der Waals surface area contributed by atoms with Crippen LogP contribution in [0.2, 0.25) is 0 Å². The van der Waals surface area contributed by atoms with Crippen LogP contribution in [-0.2, 0) is 4.74 Å². The van der Waals surface area contributed by atoms with Gasteiger partial charge in [0.05, 0.1) is 30.0 Å². The first-order chi connectivity index (χ1) is 13.9. The number of benzene rings is 2. The number of hydrogen-bond acceptors (Lipinski definition) is 3. The molecule has 2 atom stereocenters. The van der Waals surface area contributed by atoms with Gasteiger partial charge in [-0.3, -0.25) is 4.79 Å². The summed E-state index contributed by atoms with van der Waals surface area (Å²) in [5.41, 5.74) is 3.84. The Bertz CT molecular complexity index is 1010. The van der Waals surface area contributed by atoms with Gasteiger partial charge in [0.2, 0.25) is 0 Å². The lowest BCUT2D eigenvalue weighted by Gasteiger charge is -2.36. The van der Waals surface area contributed by atoms with E-state index in [4.69, 9.17) is 4.74 Å². The highest BCUT2D eigenvalue weighted by atomic mass is 19.1. The lowest BCUT2D eigenvalue weighted by molar-refractivity contribution is -0.0386. The van der Waals surface area contributed by atoms with Crippen LogP contribution >= 0.6 is 0 Å². The molecule has 0 aliphatic carbocycles. The molecule has 1 amide bonds. The van der Waals surface area contributed by atoms with E-state index in [1.54, 1.807) is 23.0 Å². The molecule has 5 nitrogen and oxygen atoms in total. The zero-order valence-corrected chi connectivity index (χ0v) is 16.8. The van der Waals surface area contributed by atoms with Crippen molar-refractivity contribution in [3.63, 3.8) is 0 Å². The van der Waals surface area contributed by atoms with E-state index >= 15 is 0 Å². The minimum absolute atomic E-state index is 0.00915. The van der Waals surface area contributed by atoms with Gasteiger partial charge < -0.3 is 9.64 Å². The molecule has 0 N–H and O–H groups in total. The van der Waals surface area contributed by atoms with Crippen molar-refractivity contribution >= 4 is 5.91 Å². The lowest BCUT2D eigenvalue weighted by atomic mass is 10.0. The summed E-state index contributed by atoms with van der Waals surface area (Å²) in [6, 6.07) is 14.0. The van der Waals surface area contributed by atoms with Crippen LogP contribution < -0.4 is 0 Å². The molecular formula is C23H24FN3O2. The Hall–Kier alpha value is -2.99. The van der Waals surface area contributed by atoms with Gasteiger partial charge in [0.1, 0.15) is 11.5 Å². The summed E-state index contributed by atoms with van der Waals surface area (Å²) in [5.74, 6) is -0.385. The molecule has 1 aliphatic heterocycles. The van der Waals surface area contributed by atoms with E-state index in [1.807, 2.05) is 49.9 Å².